The summed E-state index contributed by atoms with van der Waals surface area (Å²) in [6, 6.07) is 7.74. The Kier molecular flexibility index (Phi) is 5.30. The Labute approximate surface area is 132 Å². The molecule has 0 radical (unpaired) electrons. The SMILES string of the molecule is COc1ccc(C(=O)/C=C/Nc2cc(F)ccc2F)cc1OC. The first-order valence-corrected chi connectivity index (χ1v) is 6.69. The van der Waals surface area contributed by atoms with Crippen LogP contribution in [0.15, 0.2) is 48.7 Å². The molecule has 0 saturated carbocycles. The summed E-state index contributed by atoms with van der Waals surface area (Å²) in [4.78, 5) is 12.1. The van der Waals surface area contributed by atoms with E-state index in [9.17, 15) is 13.6 Å². The van der Waals surface area contributed by atoms with E-state index in [4.69, 9.17) is 9.47 Å². The summed E-state index contributed by atoms with van der Waals surface area (Å²) in [5.41, 5.74) is 0.321. The van der Waals surface area contributed by atoms with Crippen molar-refractivity contribution in [2.45, 2.75) is 0 Å². The molecule has 0 unspecified atom stereocenters. The number of benzene rings is 2. The fourth-order valence-electron chi connectivity index (χ4n) is 1.90. The van der Waals surface area contributed by atoms with E-state index < -0.39 is 11.6 Å². The molecule has 1 N–H and O–H groups in total. The van der Waals surface area contributed by atoms with Crippen molar-refractivity contribution in [2.24, 2.45) is 0 Å². The first-order chi connectivity index (χ1) is 11.0. The van der Waals surface area contributed by atoms with Gasteiger partial charge in [0.05, 0.1) is 19.9 Å². The number of anilines is 1. The lowest BCUT2D eigenvalue weighted by molar-refractivity contribution is 0.104. The molecule has 0 aliphatic heterocycles. The van der Waals surface area contributed by atoms with Crippen LogP contribution < -0.4 is 14.8 Å². The minimum absolute atomic E-state index is 0.0543. The number of nitrogens with one attached hydrogen (secondary N) is 1. The Bertz CT molecular complexity index is 745. The zero-order valence-electron chi connectivity index (χ0n) is 12.6. The number of carbonyl (C=O) groups excluding carboxylic acids is 1. The number of ether oxygens (including phenoxy) is 2. The largest absolute Gasteiger partial charge is 0.493 e. The lowest BCUT2D eigenvalue weighted by Crippen LogP contribution is -1.99. The van der Waals surface area contributed by atoms with Crippen LogP contribution in [0.3, 0.4) is 0 Å². The van der Waals surface area contributed by atoms with E-state index >= 15 is 0 Å². The molecule has 0 aliphatic rings. The van der Waals surface area contributed by atoms with Crippen molar-refractivity contribution in [1.29, 1.82) is 0 Å². The van der Waals surface area contributed by atoms with E-state index in [1.165, 1.54) is 32.6 Å². The third-order valence-corrected chi connectivity index (χ3v) is 3.07. The van der Waals surface area contributed by atoms with Gasteiger partial charge in [-0.25, -0.2) is 8.78 Å². The number of hydrogen-bond acceptors (Lipinski definition) is 4. The summed E-state index contributed by atoms with van der Waals surface area (Å²) >= 11 is 0. The van der Waals surface area contributed by atoms with Gasteiger partial charge < -0.3 is 14.8 Å². The molecule has 2 aromatic rings. The van der Waals surface area contributed by atoms with Gasteiger partial charge >= 0.3 is 0 Å². The standard InChI is InChI=1S/C17H15F2NO3/c1-22-16-6-3-11(9-17(16)23-2)15(21)7-8-20-14-10-12(18)4-5-13(14)19/h3-10,20H,1-2H3/b8-7+. The van der Waals surface area contributed by atoms with Gasteiger partial charge in [-0.15, -0.1) is 0 Å². The second-order valence-corrected chi connectivity index (χ2v) is 4.54. The molecule has 0 amide bonds. The summed E-state index contributed by atoms with van der Waals surface area (Å²) in [7, 11) is 2.97. The van der Waals surface area contributed by atoms with Gasteiger partial charge in [0, 0.05) is 23.9 Å². The molecule has 0 spiro atoms. The second-order valence-electron chi connectivity index (χ2n) is 4.54. The number of rotatable bonds is 6. The maximum Gasteiger partial charge on any atom is 0.187 e. The van der Waals surface area contributed by atoms with Crippen molar-refractivity contribution < 1.29 is 23.0 Å². The molecule has 6 heteroatoms. The third-order valence-electron chi connectivity index (χ3n) is 3.07. The summed E-state index contributed by atoms with van der Waals surface area (Å²) in [5.74, 6) is -0.581. The normalized spacial score (nSPS) is 10.6. The minimum atomic E-state index is -0.616. The lowest BCUT2D eigenvalue weighted by atomic mass is 10.1. The first kappa shape index (κ1) is 16.5. The van der Waals surface area contributed by atoms with Gasteiger partial charge in [-0.2, -0.15) is 0 Å². The molecule has 23 heavy (non-hydrogen) atoms. The number of hydrogen-bond donors (Lipinski definition) is 1. The molecule has 0 bridgehead atoms. The highest BCUT2D eigenvalue weighted by molar-refractivity contribution is 6.05. The highest BCUT2D eigenvalue weighted by Gasteiger charge is 2.08. The Morgan fingerprint density at radius 1 is 1.04 bits per heavy atom. The average molecular weight is 319 g/mol. The Morgan fingerprint density at radius 3 is 2.48 bits per heavy atom. The van der Waals surface area contributed by atoms with Gasteiger partial charge in [0.25, 0.3) is 0 Å². The summed E-state index contributed by atoms with van der Waals surface area (Å²) in [6.45, 7) is 0. The first-order valence-electron chi connectivity index (χ1n) is 6.69. The van der Waals surface area contributed by atoms with Crippen molar-refractivity contribution in [3.05, 3.63) is 65.9 Å². The zero-order chi connectivity index (χ0) is 16.8. The number of methoxy groups -OCH3 is 2. The van der Waals surface area contributed by atoms with Crippen molar-refractivity contribution in [3.63, 3.8) is 0 Å². The van der Waals surface area contributed by atoms with Gasteiger partial charge in [0.1, 0.15) is 11.6 Å². The van der Waals surface area contributed by atoms with Crippen LogP contribution in [0.25, 0.3) is 0 Å². The molecule has 0 aromatic heterocycles. The van der Waals surface area contributed by atoms with E-state index in [0.717, 1.165) is 18.2 Å². The van der Waals surface area contributed by atoms with Crippen LogP contribution in [0.5, 0.6) is 11.5 Å². The monoisotopic (exact) mass is 319 g/mol. The predicted octanol–water partition coefficient (Wildman–Crippen LogP) is 3.79. The third kappa shape index (κ3) is 4.06. The van der Waals surface area contributed by atoms with E-state index in [-0.39, 0.29) is 11.5 Å². The summed E-state index contributed by atoms with van der Waals surface area (Å²) in [6.07, 6.45) is 2.46. The maximum absolute atomic E-state index is 13.4. The van der Waals surface area contributed by atoms with Gasteiger partial charge in [-0.1, -0.05) is 0 Å². The van der Waals surface area contributed by atoms with Gasteiger partial charge in [-0.05, 0) is 30.3 Å². The zero-order valence-corrected chi connectivity index (χ0v) is 12.6. The fraction of sp³-hybridized carbons (Fsp3) is 0.118. The maximum atomic E-state index is 13.4. The Morgan fingerprint density at radius 2 is 1.78 bits per heavy atom. The van der Waals surface area contributed by atoms with E-state index in [1.807, 2.05) is 0 Å². The van der Waals surface area contributed by atoms with Gasteiger partial charge in [-0.3, -0.25) is 4.79 Å². The summed E-state index contributed by atoms with van der Waals surface area (Å²) in [5, 5.41) is 2.53. The molecule has 0 aliphatic carbocycles. The molecule has 4 nitrogen and oxygen atoms in total. The van der Waals surface area contributed by atoms with E-state index in [2.05, 4.69) is 5.32 Å². The van der Waals surface area contributed by atoms with Crippen molar-refractivity contribution in [3.8, 4) is 11.5 Å². The smallest absolute Gasteiger partial charge is 0.187 e. The van der Waals surface area contributed by atoms with Crippen molar-refractivity contribution in [2.75, 3.05) is 19.5 Å². The Hall–Kier alpha value is -2.89. The van der Waals surface area contributed by atoms with Crippen molar-refractivity contribution in [1.82, 2.24) is 0 Å². The molecule has 2 aromatic carbocycles. The van der Waals surface area contributed by atoms with E-state index in [0.29, 0.717) is 17.1 Å². The van der Waals surface area contributed by atoms with Crippen LogP contribution in [0.1, 0.15) is 10.4 Å². The molecular formula is C17H15F2NO3. The molecule has 0 heterocycles. The lowest BCUT2D eigenvalue weighted by Gasteiger charge is -2.08. The van der Waals surface area contributed by atoms with Gasteiger partial charge in [0.15, 0.2) is 17.3 Å². The van der Waals surface area contributed by atoms with Crippen LogP contribution in [-0.2, 0) is 0 Å². The average Bonchev–Trinajstić information content (AvgIpc) is 2.57. The highest BCUT2D eigenvalue weighted by Crippen LogP contribution is 2.27. The fourth-order valence-corrected chi connectivity index (χ4v) is 1.90. The molecule has 120 valence electrons. The molecule has 2 rings (SSSR count). The van der Waals surface area contributed by atoms with Gasteiger partial charge in [0.2, 0.25) is 0 Å². The molecular weight excluding hydrogens is 304 g/mol. The van der Waals surface area contributed by atoms with Crippen LogP contribution in [0.4, 0.5) is 14.5 Å². The number of halogens is 2. The van der Waals surface area contributed by atoms with Crippen LogP contribution >= 0.6 is 0 Å². The van der Waals surface area contributed by atoms with Crippen LogP contribution in [-0.4, -0.2) is 20.0 Å². The Balaban J connectivity index is 2.11. The highest BCUT2D eigenvalue weighted by atomic mass is 19.1. The quantitative estimate of drug-likeness (QED) is 0.650. The summed E-state index contributed by atoms with van der Waals surface area (Å²) < 4.78 is 36.7. The molecule has 0 saturated heterocycles. The van der Waals surface area contributed by atoms with Crippen LogP contribution in [0, 0.1) is 11.6 Å². The predicted molar refractivity (Wildman–Crippen MR) is 83.0 cm³/mol. The molecule has 0 atom stereocenters. The van der Waals surface area contributed by atoms with Crippen LogP contribution in [0.2, 0.25) is 0 Å². The number of carbonyl (C=O) groups is 1. The molecule has 0 fully saturated rings. The number of ketones is 1. The minimum Gasteiger partial charge on any atom is -0.493 e. The topological polar surface area (TPSA) is 47.6 Å². The second kappa shape index (κ2) is 7.40. The van der Waals surface area contributed by atoms with E-state index in [1.54, 1.807) is 12.1 Å². The van der Waals surface area contributed by atoms with Crippen molar-refractivity contribution >= 4 is 11.5 Å². The number of allylic oxidation sites excluding steroid dienone is 1.